The lowest BCUT2D eigenvalue weighted by Gasteiger charge is -2.38. The summed E-state index contributed by atoms with van der Waals surface area (Å²) in [6.45, 7) is 3.18. The number of morpholine rings is 1. The molecule has 17 heavy (non-hydrogen) atoms. The molecule has 1 aliphatic heterocycles. The predicted molar refractivity (Wildman–Crippen MR) is 65.4 cm³/mol. The first-order chi connectivity index (χ1) is 8.33. The van der Waals surface area contributed by atoms with Gasteiger partial charge in [-0.15, -0.1) is 0 Å². The molecule has 0 aromatic heterocycles. The van der Waals surface area contributed by atoms with E-state index >= 15 is 0 Å². The first-order valence-electron chi connectivity index (χ1n) is 5.87. The quantitative estimate of drug-likeness (QED) is 0.732. The number of hydrogen-bond donors (Lipinski definition) is 0. The van der Waals surface area contributed by atoms with Crippen LogP contribution in [-0.4, -0.2) is 49.6 Å². The van der Waals surface area contributed by atoms with Crippen LogP contribution in [-0.2, 0) is 9.53 Å². The Kier molecular flexibility index (Phi) is 4.12. The summed E-state index contributed by atoms with van der Waals surface area (Å²) in [5, 5.41) is 0. The van der Waals surface area contributed by atoms with Crippen LogP contribution in [0.2, 0.25) is 0 Å². The normalized spacial score (nSPS) is 18.6. The lowest BCUT2D eigenvalue weighted by atomic mass is 10.1. The maximum atomic E-state index is 11.0. The van der Waals surface area contributed by atoms with Crippen LogP contribution in [0.1, 0.15) is 11.7 Å². The standard InChI is InChI=1S/C13H18N2O2/c1-14(11-16)13(12-5-3-2-4-6-12)15-7-9-17-10-8-15/h2-6,11,13H,7-10H2,1H3. The van der Waals surface area contributed by atoms with E-state index in [-0.39, 0.29) is 6.17 Å². The van der Waals surface area contributed by atoms with Crippen LogP contribution < -0.4 is 0 Å². The molecule has 0 N–H and O–H groups in total. The third kappa shape index (κ3) is 2.84. The van der Waals surface area contributed by atoms with Crippen molar-refractivity contribution >= 4 is 6.41 Å². The van der Waals surface area contributed by atoms with Gasteiger partial charge in [-0.2, -0.15) is 0 Å². The average Bonchev–Trinajstić information content (AvgIpc) is 2.41. The SMILES string of the molecule is CN(C=O)C(c1ccccc1)N1CCOCC1. The Morgan fingerprint density at radius 3 is 2.53 bits per heavy atom. The van der Waals surface area contributed by atoms with Crippen molar-refractivity contribution in [2.45, 2.75) is 6.17 Å². The van der Waals surface area contributed by atoms with Gasteiger partial charge in [-0.25, -0.2) is 0 Å². The maximum Gasteiger partial charge on any atom is 0.210 e. The van der Waals surface area contributed by atoms with Crippen LogP contribution >= 0.6 is 0 Å². The van der Waals surface area contributed by atoms with Gasteiger partial charge in [0.25, 0.3) is 0 Å². The molecule has 0 saturated carbocycles. The predicted octanol–water partition coefficient (Wildman–Crippen LogP) is 1.11. The molecule has 92 valence electrons. The highest BCUT2D eigenvalue weighted by atomic mass is 16.5. The minimum Gasteiger partial charge on any atom is -0.379 e. The van der Waals surface area contributed by atoms with Crippen molar-refractivity contribution in [3.63, 3.8) is 0 Å². The van der Waals surface area contributed by atoms with Gasteiger partial charge in [0, 0.05) is 20.1 Å². The van der Waals surface area contributed by atoms with E-state index in [2.05, 4.69) is 17.0 Å². The van der Waals surface area contributed by atoms with Crippen LogP contribution in [0.3, 0.4) is 0 Å². The van der Waals surface area contributed by atoms with Crippen LogP contribution in [0.15, 0.2) is 30.3 Å². The van der Waals surface area contributed by atoms with E-state index in [1.165, 1.54) is 0 Å². The molecule has 4 heteroatoms. The van der Waals surface area contributed by atoms with Crippen molar-refractivity contribution in [3.8, 4) is 0 Å². The van der Waals surface area contributed by atoms with E-state index in [1.807, 2.05) is 25.2 Å². The second-order valence-corrected chi connectivity index (χ2v) is 4.20. The van der Waals surface area contributed by atoms with Gasteiger partial charge in [0.05, 0.1) is 13.2 Å². The number of carbonyl (C=O) groups is 1. The van der Waals surface area contributed by atoms with E-state index in [9.17, 15) is 4.79 Å². The number of ether oxygens (including phenoxy) is 1. The Hall–Kier alpha value is -1.39. The van der Waals surface area contributed by atoms with E-state index in [0.717, 1.165) is 38.3 Å². The maximum absolute atomic E-state index is 11.0. The van der Waals surface area contributed by atoms with Crippen LogP contribution in [0.5, 0.6) is 0 Å². The lowest BCUT2D eigenvalue weighted by Crippen LogP contribution is -2.45. The Morgan fingerprint density at radius 2 is 1.94 bits per heavy atom. The van der Waals surface area contributed by atoms with Crippen molar-refractivity contribution in [2.75, 3.05) is 33.4 Å². The highest BCUT2D eigenvalue weighted by molar-refractivity contribution is 5.48. The molecular formula is C13H18N2O2. The summed E-state index contributed by atoms with van der Waals surface area (Å²) in [5.74, 6) is 0. The molecule has 1 fully saturated rings. The average molecular weight is 234 g/mol. The fraction of sp³-hybridized carbons (Fsp3) is 0.462. The van der Waals surface area contributed by atoms with Gasteiger partial charge in [-0.1, -0.05) is 30.3 Å². The molecule has 1 aromatic rings. The summed E-state index contributed by atoms with van der Waals surface area (Å²) in [5.41, 5.74) is 1.14. The summed E-state index contributed by atoms with van der Waals surface area (Å²) in [7, 11) is 1.82. The molecule has 1 saturated heterocycles. The molecule has 2 rings (SSSR count). The van der Waals surface area contributed by atoms with Crippen molar-refractivity contribution in [1.29, 1.82) is 0 Å². The third-order valence-corrected chi connectivity index (χ3v) is 3.04. The van der Waals surface area contributed by atoms with Gasteiger partial charge in [0.15, 0.2) is 0 Å². The molecule has 1 amide bonds. The van der Waals surface area contributed by atoms with Crippen LogP contribution in [0.4, 0.5) is 0 Å². The number of hydrogen-bond acceptors (Lipinski definition) is 3. The fourth-order valence-electron chi connectivity index (χ4n) is 2.21. The van der Waals surface area contributed by atoms with Crippen molar-refractivity contribution < 1.29 is 9.53 Å². The zero-order valence-electron chi connectivity index (χ0n) is 10.1. The smallest absolute Gasteiger partial charge is 0.210 e. The molecule has 0 spiro atoms. The van der Waals surface area contributed by atoms with Crippen LogP contribution in [0.25, 0.3) is 0 Å². The van der Waals surface area contributed by atoms with Gasteiger partial charge in [0.1, 0.15) is 6.17 Å². The fourth-order valence-corrected chi connectivity index (χ4v) is 2.21. The second-order valence-electron chi connectivity index (χ2n) is 4.20. The zero-order valence-corrected chi connectivity index (χ0v) is 10.1. The molecule has 1 heterocycles. The molecule has 1 aliphatic rings. The highest BCUT2D eigenvalue weighted by Gasteiger charge is 2.25. The van der Waals surface area contributed by atoms with Crippen molar-refractivity contribution in [3.05, 3.63) is 35.9 Å². The number of amides is 1. The van der Waals surface area contributed by atoms with Crippen molar-refractivity contribution in [1.82, 2.24) is 9.80 Å². The topological polar surface area (TPSA) is 32.8 Å². The Morgan fingerprint density at radius 1 is 1.29 bits per heavy atom. The summed E-state index contributed by atoms with van der Waals surface area (Å²) in [4.78, 5) is 15.0. The molecule has 1 unspecified atom stereocenters. The molecule has 0 bridgehead atoms. The van der Waals surface area contributed by atoms with Gasteiger partial charge >= 0.3 is 0 Å². The third-order valence-electron chi connectivity index (χ3n) is 3.04. The molecule has 1 atom stereocenters. The van der Waals surface area contributed by atoms with Gasteiger partial charge < -0.3 is 9.64 Å². The molecule has 4 nitrogen and oxygen atoms in total. The molecular weight excluding hydrogens is 216 g/mol. The summed E-state index contributed by atoms with van der Waals surface area (Å²) >= 11 is 0. The Labute approximate surface area is 102 Å². The zero-order chi connectivity index (χ0) is 12.1. The lowest BCUT2D eigenvalue weighted by molar-refractivity contribution is -0.124. The van der Waals surface area contributed by atoms with Gasteiger partial charge in [-0.05, 0) is 5.56 Å². The number of nitrogens with zero attached hydrogens (tertiary/aromatic N) is 2. The summed E-state index contributed by atoms with van der Waals surface area (Å²) < 4.78 is 5.35. The Balaban J connectivity index is 2.21. The van der Waals surface area contributed by atoms with Gasteiger partial charge in [0.2, 0.25) is 6.41 Å². The van der Waals surface area contributed by atoms with E-state index in [0.29, 0.717) is 0 Å². The first kappa shape index (κ1) is 12.1. The summed E-state index contributed by atoms with van der Waals surface area (Å²) in [6.07, 6.45) is 0.894. The Bertz CT molecular complexity index is 350. The van der Waals surface area contributed by atoms with E-state index in [4.69, 9.17) is 4.74 Å². The molecule has 1 aromatic carbocycles. The second kappa shape index (κ2) is 5.80. The first-order valence-corrected chi connectivity index (χ1v) is 5.87. The minimum atomic E-state index is 0.0117. The minimum absolute atomic E-state index is 0.0117. The molecule has 0 radical (unpaired) electrons. The number of benzene rings is 1. The summed E-state index contributed by atoms with van der Waals surface area (Å²) in [6, 6.07) is 10.1. The van der Waals surface area contributed by atoms with Gasteiger partial charge in [-0.3, -0.25) is 9.69 Å². The number of rotatable bonds is 4. The van der Waals surface area contributed by atoms with Crippen LogP contribution in [0, 0.1) is 0 Å². The monoisotopic (exact) mass is 234 g/mol. The van der Waals surface area contributed by atoms with E-state index < -0.39 is 0 Å². The highest BCUT2D eigenvalue weighted by Crippen LogP contribution is 2.23. The number of carbonyl (C=O) groups excluding carboxylic acids is 1. The molecule has 0 aliphatic carbocycles. The van der Waals surface area contributed by atoms with Crippen molar-refractivity contribution in [2.24, 2.45) is 0 Å². The van der Waals surface area contributed by atoms with E-state index in [1.54, 1.807) is 4.90 Å². The largest absolute Gasteiger partial charge is 0.379 e.